The molecule has 0 amide bonds. The zero-order chi connectivity index (χ0) is 18.9. The number of nitrogens with one attached hydrogen (secondary N) is 1. The Kier molecular flexibility index (Phi) is 5.02. The average Bonchev–Trinajstić information content (AvgIpc) is 2.94. The van der Waals surface area contributed by atoms with E-state index in [1.54, 1.807) is 31.4 Å². The number of nitrogens with zero attached hydrogens (tertiary/aromatic N) is 1. The summed E-state index contributed by atoms with van der Waals surface area (Å²) in [6.45, 7) is 5.80. The summed E-state index contributed by atoms with van der Waals surface area (Å²) in [5.74, 6) is 0.807. The first-order chi connectivity index (χ1) is 12.3. The smallest absolute Gasteiger partial charge is 0.263 e. The van der Waals surface area contributed by atoms with Crippen molar-refractivity contribution in [2.75, 3.05) is 11.8 Å². The molecule has 0 aliphatic carbocycles. The van der Waals surface area contributed by atoms with Gasteiger partial charge in [0.2, 0.25) is 0 Å². The van der Waals surface area contributed by atoms with Crippen LogP contribution in [0.1, 0.15) is 16.0 Å². The maximum absolute atomic E-state index is 12.5. The molecule has 136 valence electrons. The summed E-state index contributed by atoms with van der Waals surface area (Å²) in [5.41, 5.74) is 3.70. The van der Waals surface area contributed by atoms with Crippen LogP contribution in [-0.2, 0) is 10.0 Å². The lowest BCUT2D eigenvalue weighted by atomic mass is 10.1. The van der Waals surface area contributed by atoms with E-state index in [9.17, 15) is 8.42 Å². The zero-order valence-corrected chi connectivity index (χ0v) is 16.7. The Morgan fingerprint density at radius 3 is 2.35 bits per heavy atom. The van der Waals surface area contributed by atoms with Gasteiger partial charge in [-0.15, -0.1) is 11.3 Å². The predicted molar refractivity (Wildman–Crippen MR) is 106 cm³/mol. The number of methoxy groups -OCH3 is 1. The highest BCUT2D eigenvalue weighted by atomic mass is 32.2. The second-order valence-corrected chi connectivity index (χ2v) is 8.91. The standard InChI is InChI=1S/C19H20N2O3S2/c1-12-5-8-16(9-6-12)26(22,23)21-19-20-18(14(3)25-19)15-7-10-17(24-4)13(2)11-15/h5-11H,1-4H3,(H,20,21). The Hall–Kier alpha value is -2.38. The van der Waals surface area contributed by atoms with Crippen molar-refractivity contribution in [3.63, 3.8) is 0 Å². The number of hydrogen-bond acceptors (Lipinski definition) is 5. The first-order valence-corrected chi connectivity index (χ1v) is 10.3. The fourth-order valence-corrected chi connectivity index (χ4v) is 4.70. The minimum atomic E-state index is -3.66. The summed E-state index contributed by atoms with van der Waals surface area (Å²) in [5, 5.41) is 0.353. The lowest BCUT2D eigenvalue weighted by Gasteiger charge is -2.06. The highest BCUT2D eigenvalue weighted by Crippen LogP contribution is 2.33. The Morgan fingerprint density at radius 1 is 1.04 bits per heavy atom. The number of rotatable bonds is 5. The molecule has 1 aromatic heterocycles. The molecule has 0 aliphatic rings. The van der Waals surface area contributed by atoms with Crippen molar-refractivity contribution >= 4 is 26.5 Å². The SMILES string of the molecule is COc1ccc(-c2nc(NS(=O)(=O)c3ccc(C)cc3)sc2C)cc1C. The van der Waals surface area contributed by atoms with Gasteiger partial charge in [0.05, 0.1) is 17.7 Å². The van der Waals surface area contributed by atoms with Crippen LogP contribution in [0.2, 0.25) is 0 Å². The van der Waals surface area contributed by atoms with Crippen LogP contribution < -0.4 is 9.46 Å². The van der Waals surface area contributed by atoms with Crippen LogP contribution in [0.4, 0.5) is 5.13 Å². The fourth-order valence-electron chi connectivity index (χ4n) is 2.62. The number of thiazole rings is 1. The largest absolute Gasteiger partial charge is 0.496 e. The lowest BCUT2D eigenvalue weighted by molar-refractivity contribution is 0.412. The molecular weight excluding hydrogens is 368 g/mol. The van der Waals surface area contributed by atoms with Gasteiger partial charge >= 0.3 is 0 Å². The summed E-state index contributed by atoms with van der Waals surface area (Å²) in [6.07, 6.45) is 0. The van der Waals surface area contributed by atoms with E-state index in [0.29, 0.717) is 5.13 Å². The van der Waals surface area contributed by atoms with Crippen molar-refractivity contribution in [1.29, 1.82) is 0 Å². The summed E-state index contributed by atoms with van der Waals surface area (Å²) in [4.78, 5) is 5.65. The number of benzene rings is 2. The van der Waals surface area contributed by atoms with Crippen molar-refractivity contribution in [3.8, 4) is 17.0 Å². The van der Waals surface area contributed by atoms with Crippen LogP contribution in [0, 0.1) is 20.8 Å². The van der Waals surface area contributed by atoms with Gasteiger partial charge in [0.25, 0.3) is 10.0 Å². The molecule has 3 rings (SSSR count). The van der Waals surface area contributed by atoms with Gasteiger partial charge in [0.15, 0.2) is 5.13 Å². The van der Waals surface area contributed by atoms with Crippen molar-refractivity contribution in [2.45, 2.75) is 25.7 Å². The van der Waals surface area contributed by atoms with E-state index < -0.39 is 10.0 Å². The molecule has 3 aromatic rings. The van der Waals surface area contributed by atoms with Crippen LogP contribution in [-0.4, -0.2) is 20.5 Å². The number of aromatic nitrogens is 1. The van der Waals surface area contributed by atoms with Crippen molar-refractivity contribution in [1.82, 2.24) is 4.98 Å². The Labute approximate surface area is 157 Å². The third kappa shape index (κ3) is 3.73. The topological polar surface area (TPSA) is 68.3 Å². The van der Waals surface area contributed by atoms with E-state index in [0.717, 1.165) is 33.0 Å². The van der Waals surface area contributed by atoms with Crippen molar-refractivity contribution in [3.05, 3.63) is 58.5 Å². The summed E-state index contributed by atoms with van der Waals surface area (Å²) in [7, 11) is -2.02. The van der Waals surface area contributed by atoms with E-state index in [4.69, 9.17) is 4.74 Å². The third-order valence-corrected chi connectivity index (χ3v) is 6.39. The summed E-state index contributed by atoms with van der Waals surface area (Å²) < 4.78 is 33.0. The van der Waals surface area contributed by atoms with Crippen LogP contribution in [0.15, 0.2) is 47.4 Å². The molecule has 0 saturated heterocycles. The van der Waals surface area contributed by atoms with Gasteiger partial charge in [-0.25, -0.2) is 13.4 Å². The Balaban J connectivity index is 1.91. The zero-order valence-electron chi connectivity index (χ0n) is 15.0. The molecule has 5 nitrogen and oxygen atoms in total. The molecular formula is C19H20N2O3S2. The monoisotopic (exact) mass is 388 g/mol. The first kappa shape index (κ1) is 18.4. The maximum Gasteiger partial charge on any atom is 0.263 e. The normalized spacial score (nSPS) is 11.4. The molecule has 0 radical (unpaired) electrons. The second-order valence-electron chi connectivity index (χ2n) is 6.03. The minimum absolute atomic E-state index is 0.220. The summed E-state index contributed by atoms with van der Waals surface area (Å²) >= 11 is 1.32. The quantitative estimate of drug-likeness (QED) is 0.696. The van der Waals surface area contributed by atoms with Gasteiger partial charge in [-0.05, 0) is 56.7 Å². The minimum Gasteiger partial charge on any atom is -0.496 e. The molecule has 1 heterocycles. The molecule has 0 fully saturated rings. The molecule has 26 heavy (non-hydrogen) atoms. The van der Waals surface area contributed by atoms with E-state index in [1.807, 2.05) is 39.0 Å². The molecule has 0 bridgehead atoms. The molecule has 0 spiro atoms. The fraction of sp³-hybridized carbons (Fsp3) is 0.211. The highest BCUT2D eigenvalue weighted by Gasteiger charge is 2.18. The van der Waals surface area contributed by atoms with Crippen LogP contribution in [0.5, 0.6) is 5.75 Å². The number of aryl methyl sites for hydroxylation is 3. The molecule has 7 heteroatoms. The highest BCUT2D eigenvalue weighted by molar-refractivity contribution is 7.93. The van der Waals surface area contributed by atoms with Gasteiger partial charge in [-0.1, -0.05) is 17.7 Å². The Morgan fingerprint density at radius 2 is 1.73 bits per heavy atom. The second kappa shape index (κ2) is 7.09. The van der Waals surface area contributed by atoms with Crippen LogP contribution >= 0.6 is 11.3 Å². The first-order valence-electron chi connectivity index (χ1n) is 8.02. The van der Waals surface area contributed by atoms with Crippen LogP contribution in [0.25, 0.3) is 11.3 Å². The van der Waals surface area contributed by atoms with Gasteiger partial charge < -0.3 is 4.74 Å². The van der Waals surface area contributed by atoms with Crippen molar-refractivity contribution in [2.24, 2.45) is 0 Å². The van der Waals surface area contributed by atoms with E-state index in [-0.39, 0.29) is 4.90 Å². The molecule has 0 unspecified atom stereocenters. The molecule has 2 aromatic carbocycles. The molecule has 0 saturated carbocycles. The number of hydrogen-bond donors (Lipinski definition) is 1. The van der Waals surface area contributed by atoms with E-state index in [2.05, 4.69) is 9.71 Å². The third-order valence-electron chi connectivity index (χ3n) is 4.02. The van der Waals surface area contributed by atoms with Gasteiger partial charge in [-0.2, -0.15) is 0 Å². The van der Waals surface area contributed by atoms with E-state index in [1.165, 1.54) is 11.3 Å². The Bertz CT molecular complexity index is 1040. The van der Waals surface area contributed by atoms with Gasteiger partial charge in [-0.3, -0.25) is 4.72 Å². The van der Waals surface area contributed by atoms with Gasteiger partial charge in [0.1, 0.15) is 5.75 Å². The average molecular weight is 389 g/mol. The molecule has 0 atom stereocenters. The predicted octanol–water partition coefficient (Wildman–Crippen LogP) is 4.54. The molecule has 0 aliphatic heterocycles. The maximum atomic E-state index is 12.5. The van der Waals surface area contributed by atoms with Crippen LogP contribution in [0.3, 0.4) is 0 Å². The van der Waals surface area contributed by atoms with E-state index >= 15 is 0 Å². The van der Waals surface area contributed by atoms with Gasteiger partial charge in [0, 0.05) is 10.4 Å². The van der Waals surface area contributed by atoms with Crippen molar-refractivity contribution < 1.29 is 13.2 Å². The number of sulfonamides is 1. The molecule has 1 N–H and O–H groups in total. The lowest BCUT2D eigenvalue weighted by Crippen LogP contribution is -2.12. The summed E-state index contributed by atoms with van der Waals surface area (Å²) in [6, 6.07) is 12.5. The number of anilines is 1. The number of ether oxygens (including phenoxy) is 1.